The Kier molecular flexibility index (Phi) is 4.55. The number of aromatic nitrogens is 2. The van der Waals surface area contributed by atoms with Crippen LogP contribution in [-0.4, -0.2) is 9.78 Å². The molecule has 1 atom stereocenters. The minimum Gasteiger partial charge on any atom is -0.394 e. The fourth-order valence-electron chi connectivity index (χ4n) is 2.30. The molecule has 1 aromatic heterocycles. The Balaban J connectivity index is 2.24. The highest BCUT2D eigenvalue weighted by molar-refractivity contribution is 6.31. The molecule has 0 radical (unpaired) electrons. The summed E-state index contributed by atoms with van der Waals surface area (Å²) in [6, 6.07) is 7.88. The first-order chi connectivity index (χ1) is 9.54. The van der Waals surface area contributed by atoms with Crippen LogP contribution in [0.25, 0.3) is 0 Å². The molecule has 0 amide bonds. The van der Waals surface area contributed by atoms with Gasteiger partial charge in [-0.15, -0.1) is 0 Å². The van der Waals surface area contributed by atoms with Gasteiger partial charge in [0.15, 0.2) is 0 Å². The predicted octanol–water partition coefficient (Wildman–Crippen LogP) is 3.78. The lowest BCUT2D eigenvalue weighted by molar-refractivity contribution is 0.725. The Hall–Kier alpha value is -1.68. The van der Waals surface area contributed by atoms with Gasteiger partial charge in [-0.1, -0.05) is 43.1 Å². The van der Waals surface area contributed by atoms with Gasteiger partial charge in [-0.3, -0.25) is 4.68 Å². The zero-order valence-electron chi connectivity index (χ0n) is 12.2. The zero-order valence-corrected chi connectivity index (χ0v) is 12.9. The van der Waals surface area contributed by atoms with Gasteiger partial charge in [0.1, 0.15) is 5.82 Å². The van der Waals surface area contributed by atoms with Crippen LogP contribution in [0.1, 0.15) is 37.6 Å². The van der Waals surface area contributed by atoms with Gasteiger partial charge in [0.25, 0.3) is 0 Å². The van der Waals surface area contributed by atoms with Gasteiger partial charge in [-0.2, -0.15) is 5.10 Å². The van der Waals surface area contributed by atoms with E-state index in [1.54, 1.807) is 4.68 Å². The second-order valence-electron chi connectivity index (χ2n) is 4.97. The average molecular weight is 293 g/mol. The first-order valence-corrected chi connectivity index (χ1v) is 7.24. The largest absolute Gasteiger partial charge is 0.394 e. The second-order valence-corrected chi connectivity index (χ2v) is 5.38. The van der Waals surface area contributed by atoms with E-state index in [0.717, 1.165) is 40.6 Å². The fraction of sp³-hybridized carbons (Fsp3) is 0.400. The van der Waals surface area contributed by atoms with Crippen molar-refractivity contribution >= 4 is 23.1 Å². The molecule has 0 bridgehead atoms. The van der Waals surface area contributed by atoms with Crippen LogP contribution >= 0.6 is 11.6 Å². The molecule has 0 spiro atoms. The lowest BCUT2D eigenvalue weighted by Crippen LogP contribution is -2.11. The van der Waals surface area contributed by atoms with E-state index in [-0.39, 0.29) is 6.04 Å². The first kappa shape index (κ1) is 14.7. The maximum atomic E-state index is 6.23. The number of aryl methyl sites for hydroxylation is 2. The second kappa shape index (κ2) is 6.18. The molecular weight excluding hydrogens is 272 g/mol. The molecule has 1 heterocycles. The number of hydrogen-bond donors (Lipinski definition) is 2. The Morgan fingerprint density at radius 2 is 2.10 bits per heavy atom. The molecule has 20 heavy (non-hydrogen) atoms. The van der Waals surface area contributed by atoms with Gasteiger partial charge in [0, 0.05) is 12.1 Å². The molecule has 2 aromatic rings. The van der Waals surface area contributed by atoms with Crippen LogP contribution in [0.2, 0.25) is 5.02 Å². The highest BCUT2D eigenvalue weighted by Crippen LogP contribution is 2.29. The molecule has 0 fully saturated rings. The van der Waals surface area contributed by atoms with E-state index in [1.807, 2.05) is 31.3 Å². The number of nitrogens with two attached hydrogens (primary N) is 1. The van der Waals surface area contributed by atoms with Crippen molar-refractivity contribution < 1.29 is 0 Å². The third kappa shape index (κ3) is 2.90. The molecule has 1 aromatic carbocycles. The lowest BCUT2D eigenvalue weighted by atomic mass is 10.1. The Morgan fingerprint density at radius 1 is 1.40 bits per heavy atom. The first-order valence-electron chi connectivity index (χ1n) is 6.86. The van der Waals surface area contributed by atoms with Crippen LogP contribution in [0.15, 0.2) is 24.3 Å². The highest BCUT2D eigenvalue weighted by atomic mass is 35.5. The monoisotopic (exact) mass is 292 g/mol. The van der Waals surface area contributed by atoms with Gasteiger partial charge in [0.05, 0.1) is 17.4 Å². The minimum atomic E-state index is 0.0656. The van der Waals surface area contributed by atoms with Crippen molar-refractivity contribution in [3.63, 3.8) is 0 Å². The molecule has 0 aliphatic carbocycles. The molecule has 5 heteroatoms. The number of nitrogen functional groups attached to an aromatic ring is 1. The summed E-state index contributed by atoms with van der Waals surface area (Å²) in [7, 11) is 1.90. The molecule has 0 saturated carbocycles. The molecule has 0 aliphatic heterocycles. The van der Waals surface area contributed by atoms with Crippen LogP contribution in [-0.2, 0) is 13.5 Å². The van der Waals surface area contributed by atoms with E-state index in [9.17, 15) is 0 Å². The SMILES string of the molecule is CCCc1nn(C)c(NC(C)c2ccccc2Cl)c1N. The quantitative estimate of drug-likeness (QED) is 0.882. The van der Waals surface area contributed by atoms with Crippen molar-refractivity contribution in [1.29, 1.82) is 0 Å². The van der Waals surface area contributed by atoms with E-state index in [4.69, 9.17) is 17.3 Å². The van der Waals surface area contributed by atoms with Crippen molar-refractivity contribution in [3.05, 3.63) is 40.5 Å². The normalized spacial score (nSPS) is 12.4. The number of halogens is 1. The summed E-state index contributed by atoms with van der Waals surface area (Å²) in [6.07, 6.45) is 1.92. The number of rotatable bonds is 5. The third-order valence-electron chi connectivity index (χ3n) is 3.37. The average Bonchev–Trinajstić information content (AvgIpc) is 2.67. The minimum absolute atomic E-state index is 0.0656. The van der Waals surface area contributed by atoms with Gasteiger partial charge in [-0.05, 0) is 25.0 Å². The van der Waals surface area contributed by atoms with E-state index in [1.165, 1.54) is 0 Å². The van der Waals surface area contributed by atoms with Crippen molar-refractivity contribution in [2.24, 2.45) is 7.05 Å². The van der Waals surface area contributed by atoms with Crippen LogP contribution in [0.4, 0.5) is 11.5 Å². The van der Waals surface area contributed by atoms with Crippen molar-refractivity contribution in [2.45, 2.75) is 32.7 Å². The van der Waals surface area contributed by atoms with E-state index in [2.05, 4.69) is 24.3 Å². The van der Waals surface area contributed by atoms with Gasteiger partial charge in [-0.25, -0.2) is 0 Å². The molecule has 108 valence electrons. The van der Waals surface area contributed by atoms with E-state index >= 15 is 0 Å². The van der Waals surface area contributed by atoms with Crippen LogP contribution in [0, 0.1) is 0 Å². The van der Waals surface area contributed by atoms with Crippen molar-refractivity contribution in [1.82, 2.24) is 9.78 Å². The lowest BCUT2D eigenvalue weighted by Gasteiger charge is -2.17. The molecule has 1 unspecified atom stereocenters. The zero-order chi connectivity index (χ0) is 14.7. The highest BCUT2D eigenvalue weighted by Gasteiger charge is 2.16. The van der Waals surface area contributed by atoms with E-state index in [0.29, 0.717) is 0 Å². The number of nitrogens with zero attached hydrogens (tertiary/aromatic N) is 2. The fourth-order valence-corrected chi connectivity index (χ4v) is 2.60. The third-order valence-corrected chi connectivity index (χ3v) is 3.72. The number of hydrogen-bond acceptors (Lipinski definition) is 3. The topological polar surface area (TPSA) is 55.9 Å². The molecule has 4 nitrogen and oxygen atoms in total. The van der Waals surface area contributed by atoms with Gasteiger partial charge in [0.2, 0.25) is 0 Å². The van der Waals surface area contributed by atoms with Crippen molar-refractivity contribution in [3.8, 4) is 0 Å². The maximum absolute atomic E-state index is 6.23. The predicted molar refractivity (Wildman–Crippen MR) is 85.1 cm³/mol. The smallest absolute Gasteiger partial charge is 0.148 e. The van der Waals surface area contributed by atoms with E-state index < -0.39 is 0 Å². The molecule has 0 saturated heterocycles. The van der Waals surface area contributed by atoms with Crippen LogP contribution < -0.4 is 11.1 Å². The maximum Gasteiger partial charge on any atom is 0.148 e. The summed E-state index contributed by atoms with van der Waals surface area (Å²) in [5.74, 6) is 0.848. The number of anilines is 2. The number of benzene rings is 1. The summed E-state index contributed by atoms with van der Waals surface area (Å²) < 4.78 is 1.80. The van der Waals surface area contributed by atoms with Crippen LogP contribution in [0.5, 0.6) is 0 Å². The van der Waals surface area contributed by atoms with Crippen molar-refractivity contribution in [2.75, 3.05) is 11.1 Å². The summed E-state index contributed by atoms with van der Waals surface area (Å²) in [5.41, 5.74) is 8.90. The molecule has 0 aliphatic rings. The molecular formula is C15H21ClN4. The summed E-state index contributed by atoms with van der Waals surface area (Å²) in [4.78, 5) is 0. The summed E-state index contributed by atoms with van der Waals surface area (Å²) in [5, 5.41) is 8.62. The summed E-state index contributed by atoms with van der Waals surface area (Å²) >= 11 is 6.23. The standard InChI is InChI=1S/C15H21ClN4/c1-4-7-13-14(17)15(20(3)19-13)18-10(2)11-8-5-6-9-12(11)16/h5-6,8-10,18H,4,7,17H2,1-3H3. The Labute approximate surface area is 124 Å². The molecule has 2 rings (SSSR count). The Bertz CT molecular complexity index is 592. The molecule has 3 N–H and O–H groups in total. The Morgan fingerprint density at radius 3 is 2.75 bits per heavy atom. The number of nitrogens with one attached hydrogen (secondary N) is 1. The van der Waals surface area contributed by atoms with Gasteiger partial charge < -0.3 is 11.1 Å². The van der Waals surface area contributed by atoms with Crippen LogP contribution in [0.3, 0.4) is 0 Å². The summed E-state index contributed by atoms with van der Waals surface area (Å²) in [6.45, 7) is 4.18. The van der Waals surface area contributed by atoms with Gasteiger partial charge >= 0.3 is 0 Å².